The summed E-state index contributed by atoms with van der Waals surface area (Å²) in [6, 6.07) is 0.689. The van der Waals surface area contributed by atoms with E-state index in [2.05, 4.69) is 16.9 Å². The molecule has 2 heterocycles. The molecular weight excluding hydrogens is 198 g/mol. The highest BCUT2D eigenvalue weighted by atomic mass is 15.3. The van der Waals surface area contributed by atoms with Crippen LogP contribution in [0.5, 0.6) is 0 Å². The van der Waals surface area contributed by atoms with Crippen LogP contribution in [0.25, 0.3) is 0 Å². The van der Waals surface area contributed by atoms with Gasteiger partial charge in [-0.25, -0.2) is 0 Å². The fourth-order valence-corrected chi connectivity index (χ4v) is 3.17. The van der Waals surface area contributed by atoms with Gasteiger partial charge in [-0.15, -0.1) is 0 Å². The van der Waals surface area contributed by atoms with Gasteiger partial charge in [0, 0.05) is 30.8 Å². The topological polar surface area (TPSA) is 29.9 Å². The van der Waals surface area contributed by atoms with Gasteiger partial charge in [-0.1, -0.05) is 19.3 Å². The fraction of sp³-hybridized carbons (Fsp3) is 0.769. The summed E-state index contributed by atoms with van der Waals surface area (Å²) in [6.07, 6.45) is 8.02. The van der Waals surface area contributed by atoms with Gasteiger partial charge in [0.05, 0.1) is 11.7 Å². The molecule has 1 aromatic rings. The molecule has 2 aliphatic rings. The Labute approximate surface area is 97.2 Å². The highest BCUT2D eigenvalue weighted by Crippen LogP contribution is 2.31. The summed E-state index contributed by atoms with van der Waals surface area (Å²) in [7, 11) is 0. The normalized spacial score (nSPS) is 22.1. The molecule has 0 bridgehead atoms. The van der Waals surface area contributed by atoms with Crippen molar-refractivity contribution in [3.05, 3.63) is 17.0 Å². The molecule has 16 heavy (non-hydrogen) atoms. The van der Waals surface area contributed by atoms with E-state index in [9.17, 15) is 0 Å². The number of fused-ring (bicyclic) bond motifs is 1. The van der Waals surface area contributed by atoms with Crippen molar-refractivity contribution in [2.45, 2.75) is 58.0 Å². The molecule has 3 rings (SSSR count). The molecule has 1 aliphatic carbocycles. The first-order valence-corrected chi connectivity index (χ1v) is 6.64. The zero-order valence-electron chi connectivity index (χ0n) is 10.1. The quantitative estimate of drug-likeness (QED) is 0.785. The minimum atomic E-state index is 0.689. The van der Waals surface area contributed by atoms with E-state index in [0.717, 1.165) is 19.5 Å². The van der Waals surface area contributed by atoms with Gasteiger partial charge >= 0.3 is 0 Å². The third kappa shape index (κ3) is 1.67. The van der Waals surface area contributed by atoms with Gasteiger partial charge in [0.15, 0.2) is 0 Å². The van der Waals surface area contributed by atoms with Gasteiger partial charge in [0.1, 0.15) is 0 Å². The van der Waals surface area contributed by atoms with Crippen molar-refractivity contribution in [1.29, 1.82) is 0 Å². The van der Waals surface area contributed by atoms with Gasteiger partial charge in [-0.05, 0) is 19.8 Å². The Morgan fingerprint density at radius 3 is 2.88 bits per heavy atom. The second kappa shape index (κ2) is 4.21. The number of rotatable bonds is 1. The van der Waals surface area contributed by atoms with Crippen molar-refractivity contribution in [2.24, 2.45) is 0 Å². The molecule has 0 atom stereocenters. The lowest BCUT2D eigenvalue weighted by Gasteiger charge is -2.25. The van der Waals surface area contributed by atoms with Gasteiger partial charge in [-0.2, -0.15) is 5.10 Å². The summed E-state index contributed by atoms with van der Waals surface area (Å²) >= 11 is 0. The maximum Gasteiger partial charge on any atom is 0.0641 e. The maximum atomic E-state index is 4.79. The monoisotopic (exact) mass is 219 g/mol. The zero-order valence-corrected chi connectivity index (χ0v) is 10.1. The molecule has 1 aromatic heterocycles. The first-order valence-electron chi connectivity index (χ1n) is 6.64. The number of aryl methyl sites for hydroxylation is 1. The van der Waals surface area contributed by atoms with Gasteiger partial charge in [0.2, 0.25) is 0 Å². The van der Waals surface area contributed by atoms with Gasteiger partial charge < -0.3 is 5.32 Å². The molecule has 1 fully saturated rings. The summed E-state index contributed by atoms with van der Waals surface area (Å²) in [6.45, 7) is 4.30. The van der Waals surface area contributed by atoms with Crippen LogP contribution >= 0.6 is 0 Å². The molecule has 0 radical (unpaired) electrons. The molecule has 0 saturated heterocycles. The van der Waals surface area contributed by atoms with Crippen LogP contribution in [0.4, 0.5) is 0 Å². The van der Waals surface area contributed by atoms with E-state index in [1.807, 2.05) is 0 Å². The molecule has 0 unspecified atom stereocenters. The van der Waals surface area contributed by atoms with Crippen LogP contribution in [0.2, 0.25) is 0 Å². The summed E-state index contributed by atoms with van der Waals surface area (Å²) < 4.78 is 2.37. The molecule has 1 N–H and O–H groups in total. The third-order valence-electron chi connectivity index (χ3n) is 4.08. The Kier molecular flexibility index (Phi) is 2.72. The SMILES string of the molecule is Cc1nn(C2CCCCC2)c2c1CNCC2. The van der Waals surface area contributed by atoms with E-state index < -0.39 is 0 Å². The Hall–Kier alpha value is -0.830. The van der Waals surface area contributed by atoms with E-state index in [1.54, 1.807) is 0 Å². The molecule has 88 valence electrons. The van der Waals surface area contributed by atoms with Crippen molar-refractivity contribution >= 4 is 0 Å². The number of nitrogens with zero attached hydrogens (tertiary/aromatic N) is 2. The minimum Gasteiger partial charge on any atom is -0.312 e. The van der Waals surface area contributed by atoms with Crippen LogP contribution in [0.15, 0.2) is 0 Å². The summed E-state index contributed by atoms with van der Waals surface area (Å²) in [5, 5.41) is 8.24. The molecule has 0 amide bonds. The number of nitrogens with one attached hydrogen (secondary N) is 1. The minimum absolute atomic E-state index is 0.689. The second-order valence-electron chi connectivity index (χ2n) is 5.17. The summed E-state index contributed by atoms with van der Waals surface area (Å²) in [5.74, 6) is 0. The highest BCUT2D eigenvalue weighted by Gasteiger charge is 2.24. The van der Waals surface area contributed by atoms with Crippen LogP contribution in [0, 0.1) is 6.92 Å². The smallest absolute Gasteiger partial charge is 0.0641 e. The number of hydrogen-bond donors (Lipinski definition) is 1. The molecule has 3 nitrogen and oxygen atoms in total. The zero-order chi connectivity index (χ0) is 11.0. The Bertz CT molecular complexity index is 375. The van der Waals surface area contributed by atoms with E-state index in [-0.39, 0.29) is 0 Å². The number of hydrogen-bond acceptors (Lipinski definition) is 2. The van der Waals surface area contributed by atoms with Crippen LogP contribution in [0.1, 0.15) is 55.1 Å². The second-order valence-corrected chi connectivity index (χ2v) is 5.17. The first-order chi connectivity index (χ1) is 7.86. The average Bonchev–Trinajstić information content (AvgIpc) is 2.69. The summed E-state index contributed by atoms with van der Waals surface area (Å²) in [5.41, 5.74) is 4.23. The summed E-state index contributed by atoms with van der Waals surface area (Å²) in [4.78, 5) is 0. The van der Waals surface area contributed by atoms with E-state index in [4.69, 9.17) is 5.10 Å². The number of aromatic nitrogens is 2. The van der Waals surface area contributed by atoms with E-state index >= 15 is 0 Å². The fourth-order valence-electron chi connectivity index (χ4n) is 3.17. The predicted octanol–water partition coefficient (Wildman–Crippen LogP) is 2.34. The standard InChI is InChI=1S/C13H21N3/c1-10-12-9-14-8-7-13(12)16(15-10)11-5-3-2-4-6-11/h11,14H,2-9H2,1H3. The van der Waals surface area contributed by atoms with Crippen molar-refractivity contribution in [2.75, 3.05) is 6.54 Å². The Morgan fingerprint density at radius 2 is 2.06 bits per heavy atom. The van der Waals surface area contributed by atoms with Crippen LogP contribution in [0.3, 0.4) is 0 Å². The van der Waals surface area contributed by atoms with Gasteiger partial charge in [-0.3, -0.25) is 4.68 Å². The maximum absolute atomic E-state index is 4.79. The Balaban J connectivity index is 1.93. The van der Waals surface area contributed by atoms with Crippen LogP contribution in [-0.4, -0.2) is 16.3 Å². The first kappa shape index (κ1) is 10.3. The molecule has 1 saturated carbocycles. The van der Waals surface area contributed by atoms with E-state index in [0.29, 0.717) is 6.04 Å². The van der Waals surface area contributed by atoms with Crippen LogP contribution in [-0.2, 0) is 13.0 Å². The molecule has 1 aliphatic heterocycles. The molecular formula is C13H21N3. The lowest BCUT2D eigenvalue weighted by molar-refractivity contribution is 0.319. The van der Waals surface area contributed by atoms with Crippen molar-refractivity contribution in [3.63, 3.8) is 0 Å². The molecule has 0 spiro atoms. The lowest BCUT2D eigenvalue weighted by atomic mass is 9.95. The Morgan fingerprint density at radius 1 is 1.25 bits per heavy atom. The molecule has 0 aromatic carbocycles. The van der Waals surface area contributed by atoms with Crippen molar-refractivity contribution < 1.29 is 0 Å². The van der Waals surface area contributed by atoms with E-state index in [1.165, 1.54) is 49.1 Å². The van der Waals surface area contributed by atoms with Crippen molar-refractivity contribution in [1.82, 2.24) is 15.1 Å². The lowest BCUT2D eigenvalue weighted by Crippen LogP contribution is -2.26. The molecule has 3 heteroatoms. The predicted molar refractivity (Wildman–Crippen MR) is 64.5 cm³/mol. The average molecular weight is 219 g/mol. The highest BCUT2D eigenvalue weighted by molar-refractivity contribution is 5.28. The van der Waals surface area contributed by atoms with Crippen molar-refractivity contribution in [3.8, 4) is 0 Å². The van der Waals surface area contributed by atoms with Gasteiger partial charge in [0.25, 0.3) is 0 Å². The largest absolute Gasteiger partial charge is 0.312 e. The third-order valence-corrected chi connectivity index (χ3v) is 4.08. The van der Waals surface area contributed by atoms with Crippen LogP contribution < -0.4 is 5.32 Å².